The molecule has 0 aliphatic carbocycles. The van der Waals surface area contributed by atoms with Crippen molar-refractivity contribution in [2.45, 2.75) is 33.4 Å². The molecule has 6 rings (SSSR count). The Morgan fingerprint density at radius 1 is 1.16 bits per heavy atom. The molecule has 0 saturated carbocycles. The second kappa shape index (κ2) is 10.8. The lowest BCUT2D eigenvalue weighted by atomic mass is 10.1. The number of H-pyrrole nitrogens is 1. The summed E-state index contributed by atoms with van der Waals surface area (Å²) >= 11 is 1.57. The number of aryl methyl sites for hydroxylation is 1. The van der Waals surface area contributed by atoms with Crippen molar-refractivity contribution in [1.82, 2.24) is 34.7 Å². The van der Waals surface area contributed by atoms with E-state index in [1.54, 1.807) is 11.3 Å². The summed E-state index contributed by atoms with van der Waals surface area (Å²) < 4.78 is 21.3. The van der Waals surface area contributed by atoms with E-state index in [0.29, 0.717) is 25.3 Å². The third-order valence-corrected chi connectivity index (χ3v) is 7.57. The van der Waals surface area contributed by atoms with Gasteiger partial charge in [0.25, 0.3) is 0 Å². The van der Waals surface area contributed by atoms with Crippen molar-refractivity contribution in [1.29, 1.82) is 0 Å². The third-order valence-electron chi connectivity index (χ3n) is 6.49. The molecule has 1 aliphatic heterocycles. The highest BCUT2D eigenvalue weighted by atomic mass is 32.1. The molecule has 10 heteroatoms. The monoisotopic (exact) mass is 519 g/mol. The van der Waals surface area contributed by atoms with Crippen LogP contribution in [0, 0.1) is 6.92 Å². The van der Waals surface area contributed by atoms with Crippen molar-refractivity contribution in [3.05, 3.63) is 60.7 Å². The molecule has 0 unspecified atom stereocenters. The summed E-state index contributed by atoms with van der Waals surface area (Å²) in [6.45, 7) is 4.92. The second-order valence-corrected chi connectivity index (χ2v) is 9.91. The molecule has 4 aromatic heterocycles. The van der Waals surface area contributed by atoms with Crippen molar-refractivity contribution in [2.75, 3.05) is 26.2 Å². The second-order valence-electron chi connectivity index (χ2n) is 8.91. The van der Waals surface area contributed by atoms with Crippen LogP contribution in [0.3, 0.4) is 0 Å². The van der Waals surface area contributed by atoms with Gasteiger partial charge in [-0.05, 0) is 25.8 Å². The number of nitrogens with zero attached hydrogens (tertiary/aromatic N) is 6. The summed E-state index contributed by atoms with van der Waals surface area (Å²) in [5, 5.41) is 12.6. The number of halogens is 1. The third kappa shape index (κ3) is 5.12. The number of ether oxygens (including phenoxy) is 1. The van der Waals surface area contributed by atoms with Crippen molar-refractivity contribution < 1.29 is 9.13 Å². The Balaban J connectivity index is 0.00000280. The average Bonchev–Trinajstić information content (AvgIpc) is 3.64. The number of thiazole rings is 1. The zero-order valence-corrected chi connectivity index (χ0v) is 20.7. The first-order valence-electron chi connectivity index (χ1n) is 12.1. The molecule has 192 valence electrons. The topological polar surface area (TPSA) is 84.2 Å². The lowest BCUT2D eigenvalue weighted by Gasteiger charge is -2.28. The number of alkyl halides is 1. The Hall–Kier alpha value is -3.63. The van der Waals surface area contributed by atoms with Crippen LogP contribution in [-0.4, -0.2) is 67.1 Å². The molecule has 1 aromatic carbocycles. The molecule has 1 saturated heterocycles. The molecule has 37 heavy (non-hydrogen) atoms. The van der Waals surface area contributed by atoms with E-state index in [1.165, 1.54) is 6.33 Å². The molecular formula is C27H30FN7OS. The zero-order chi connectivity index (χ0) is 24.5. The normalized spacial score (nSPS) is 14.6. The first-order chi connectivity index (χ1) is 17.7. The van der Waals surface area contributed by atoms with E-state index in [2.05, 4.69) is 20.1 Å². The largest absolute Gasteiger partial charge is 0.492 e. The van der Waals surface area contributed by atoms with E-state index in [-0.39, 0.29) is 7.43 Å². The van der Waals surface area contributed by atoms with Gasteiger partial charge in [0.05, 0.1) is 27.3 Å². The fourth-order valence-corrected chi connectivity index (χ4v) is 5.75. The Morgan fingerprint density at radius 2 is 1.97 bits per heavy atom. The fourth-order valence-electron chi connectivity index (χ4n) is 4.61. The number of nitrogens with one attached hydrogen (secondary N) is 1. The van der Waals surface area contributed by atoms with Gasteiger partial charge in [-0.1, -0.05) is 37.8 Å². The molecule has 0 atom stereocenters. The van der Waals surface area contributed by atoms with Gasteiger partial charge in [0.1, 0.15) is 29.9 Å². The van der Waals surface area contributed by atoms with E-state index >= 15 is 0 Å². The highest BCUT2D eigenvalue weighted by Gasteiger charge is 2.22. The molecule has 8 nitrogen and oxygen atoms in total. The molecule has 0 spiro atoms. The van der Waals surface area contributed by atoms with E-state index in [0.717, 1.165) is 63.3 Å². The molecule has 0 amide bonds. The summed E-state index contributed by atoms with van der Waals surface area (Å²) in [4.78, 5) is 12.6. The quantitative estimate of drug-likeness (QED) is 0.298. The molecule has 5 aromatic rings. The summed E-state index contributed by atoms with van der Waals surface area (Å²) in [5.74, 6) is 1.46. The van der Waals surface area contributed by atoms with Crippen LogP contribution in [0.2, 0.25) is 0 Å². The molecule has 1 aliphatic rings. The molecule has 0 bridgehead atoms. The maximum Gasteiger partial charge on any atom is 0.167 e. The maximum absolute atomic E-state index is 13.4. The number of aromatic nitrogens is 6. The number of hydrogen-bond donors (Lipinski definition) is 1. The minimum atomic E-state index is -0.661. The zero-order valence-electron chi connectivity index (χ0n) is 19.9. The Bertz CT molecular complexity index is 1460. The summed E-state index contributed by atoms with van der Waals surface area (Å²) in [5.41, 5.74) is 4.66. The number of hydrogen-bond acceptors (Lipinski definition) is 7. The fraction of sp³-hybridized carbons (Fsp3) is 0.333. The SMILES string of the molecule is C.Cc1nn2ccc(OCCN3CCC(F)CC3)cc2c1-c1nc(-c2ccccc2)c(-c2ncn[nH]2)s1. The highest BCUT2D eigenvalue weighted by Crippen LogP contribution is 2.41. The molecule has 5 heterocycles. The van der Waals surface area contributed by atoms with Gasteiger partial charge in [0.2, 0.25) is 0 Å². The van der Waals surface area contributed by atoms with Crippen molar-refractivity contribution in [3.63, 3.8) is 0 Å². The van der Waals surface area contributed by atoms with Gasteiger partial charge in [-0.15, -0.1) is 11.3 Å². The Morgan fingerprint density at radius 3 is 2.73 bits per heavy atom. The standard InChI is InChI=1S/C26H26FN7OS.CH4/c1-17-22(26-30-23(18-5-3-2-4-6-18)24(36-26)25-28-16-29-31-25)21-15-20(9-12-34(21)32-17)35-14-13-33-10-7-19(27)8-11-33;/h2-6,9,12,15-16,19H,7-8,10-11,13-14H2,1H3,(H,28,29,31);1H4. The van der Waals surface area contributed by atoms with Gasteiger partial charge in [0.15, 0.2) is 5.82 Å². The van der Waals surface area contributed by atoms with Gasteiger partial charge in [-0.2, -0.15) is 10.2 Å². The van der Waals surface area contributed by atoms with Crippen LogP contribution in [0.4, 0.5) is 4.39 Å². The summed E-state index contributed by atoms with van der Waals surface area (Å²) in [6, 6.07) is 14.0. The van der Waals surface area contributed by atoms with E-state index in [9.17, 15) is 4.39 Å². The van der Waals surface area contributed by atoms with Crippen molar-refractivity contribution >= 4 is 16.9 Å². The number of piperidine rings is 1. The van der Waals surface area contributed by atoms with Crippen molar-refractivity contribution in [3.8, 4) is 38.3 Å². The lowest BCUT2D eigenvalue weighted by Crippen LogP contribution is -2.37. The van der Waals surface area contributed by atoms with Gasteiger partial charge >= 0.3 is 0 Å². The maximum atomic E-state index is 13.4. The first-order valence-corrected chi connectivity index (χ1v) is 12.9. The number of benzene rings is 1. The van der Waals surface area contributed by atoms with Crippen LogP contribution in [0.15, 0.2) is 55.0 Å². The number of pyridine rings is 1. The average molecular weight is 520 g/mol. The van der Waals surface area contributed by atoms with Gasteiger partial charge in [-0.25, -0.2) is 18.9 Å². The number of rotatable bonds is 7. The molecule has 1 fully saturated rings. The lowest BCUT2D eigenvalue weighted by molar-refractivity contribution is 0.132. The number of fused-ring (bicyclic) bond motifs is 1. The van der Waals surface area contributed by atoms with Gasteiger partial charge in [-0.3, -0.25) is 10.00 Å². The van der Waals surface area contributed by atoms with Gasteiger partial charge in [0, 0.05) is 37.5 Å². The van der Waals surface area contributed by atoms with E-state index < -0.39 is 6.17 Å². The smallest absolute Gasteiger partial charge is 0.167 e. The minimum absolute atomic E-state index is 0. The van der Waals surface area contributed by atoms with E-state index in [1.807, 2.05) is 60.1 Å². The van der Waals surface area contributed by atoms with Crippen LogP contribution < -0.4 is 4.74 Å². The Labute approximate surface area is 219 Å². The Kier molecular flexibility index (Phi) is 7.29. The number of aromatic amines is 1. The first kappa shape index (κ1) is 25.0. The minimum Gasteiger partial charge on any atom is -0.492 e. The summed E-state index contributed by atoms with van der Waals surface area (Å²) in [7, 11) is 0. The van der Waals surface area contributed by atoms with Crippen LogP contribution >= 0.6 is 11.3 Å². The summed E-state index contributed by atoms with van der Waals surface area (Å²) in [6.07, 6.45) is 3.98. The predicted molar refractivity (Wildman–Crippen MR) is 145 cm³/mol. The molecular weight excluding hydrogens is 489 g/mol. The predicted octanol–water partition coefficient (Wildman–Crippen LogP) is 5.67. The molecule has 0 radical (unpaired) electrons. The van der Waals surface area contributed by atoms with Crippen LogP contribution in [0.25, 0.3) is 38.0 Å². The highest BCUT2D eigenvalue weighted by molar-refractivity contribution is 7.19. The number of likely N-dealkylation sites (tertiary alicyclic amines) is 1. The van der Waals surface area contributed by atoms with Crippen LogP contribution in [-0.2, 0) is 0 Å². The van der Waals surface area contributed by atoms with Crippen molar-refractivity contribution in [2.24, 2.45) is 0 Å². The van der Waals surface area contributed by atoms with Crippen LogP contribution in [0.1, 0.15) is 26.0 Å². The molecule has 1 N–H and O–H groups in total. The van der Waals surface area contributed by atoms with Gasteiger partial charge < -0.3 is 4.74 Å². The van der Waals surface area contributed by atoms with Crippen LogP contribution in [0.5, 0.6) is 5.75 Å². The van der Waals surface area contributed by atoms with E-state index in [4.69, 9.17) is 14.8 Å².